The minimum Gasteiger partial charge on any atom is -0.379 e. The van der Waals surface area contributed by atoms with Gasteiger partial charge in [0.2, 0.25) is 5.91 Å². The Labute approximate surface area is 92.3 Å². The van der Waals surface area contributed by atoms with Crippen LogP contribution in [0.2, 0.25) is 0 Å². The van der Waals surface area contributed by atoms with Gasteiger partial charge in [0.1, 0.15) is 6.04 Å². The van der Waals surface area contributed by atoms with Gasteiger partial charge >= 0.3 is 6.18 Å². The van der Waals surface area contributed by atoms with Crippen molar-refractivity contribution >= 4 is 5.91 Å². The van der Waals surface area contributed by atoms with Crippen LogP contribution >= 0.6 is 0 Å². The zero-order chi connectivity index (χ0) is 12.8. The van der Waals surface area contributed by atoms with Crippen molar-refractivity contribution in [1.82, 2.24) is 5.32 Å². The molecule has 0 aromatic carbocycles. The Hall–Kier alpha value is -0.820. The number of rotatable bonds is 7. The summed E-state index contributed by atoms with van der Waals surface area (Å²) in [5, 5.41) is 2.80. The molecule has 1 unspecified atom stereocenters. The van der Waals surface area contributed by atoms with Gasteiger partial charge in [-0.3, -0.25) is 4.79 Å². The second-order valence-electron chi connectivity index (χ2n) is 3.72. The SMILES string of the molecule is CC(C)NC(COCCC(F)(F)F)C(N)=O. The molecular formula is C9H17F3N2O2. The normalized spacial score (nSPS) is 14.1. The predicted molar refractivity (Wildman–Crippen MR) is 52.7 cm³/mol. The van der Waals surface area contributed by atoms with Crippen LogP contribution in [-0.2, 0) is 9.53 Å². The van der Waals surface area contributed by atoms with Crippen LogP contribution in [0.5, 0.6) is 0 Å². The van der Waals surface area contributed by atoms with Gasteiger partial charge in [0.25, 0.3) is 0 Å². The molecule has 7 heteroatoms. The molecule has 16 heavy (non-hydrogen) atoms. The minimum atomic E-state index is -4.24. The van der Waals surface area contributed by atoms with Crippen LogP contribution in [0.1, 0.15) is 20.3 Å². The van der Waals surface area contributed by atoms with E-state index in [1.807, 2.05) is 0 Å². The van der Waals surface area contributed by atoms with Gasteiger partial charge in [-0.05, 0) is 0 Å². The summed E-state index contributed by atoms with van der Waals surface area (Å²) in [5.74, 6) is -0.638. The molecule has 1 amide bonds. The maximum Gasteiger partial charge on any atom is 0.391 e. The van der Waals surface area contributed by atoms with Crippen molar-refractivity contribution in [1.29, 1.82) is 0 Å². The quantitative estimate of drug-likeness (QED) is 0.649. The number of carbonyl (C=O) groups excluding carboxylic acids is 1. The third-order valence-electron chi connectivity index (χ3n) is 1.69. The van der Waals surface area contributed by atoms with Crippen molar-refractivity contribution in [2.75, 3.05) is 13.2 Å². The summed E-state index contributed by atoms with van der Waals surface area (Å²) >= 11 is 0. The van der Waals surface area contributed by atoms with Crippen molar-refractivity contribution < 1.29 is 22.7 Å². The van der Waals surface area contributed by atoms with Gasteiger partial charge < -0.3 is 15.8 Å². The lowest BCUT2D eigenvalue weighted by Gasteiger charge is -2.18. The van der Waals surface area contributed by atoms with E-state index in [1.54, 1.807) is 13.8 Å². The highest BCUT2D eigenvalue weighted by Crippen LogP contribution is 2.18. The fourth-order valence-corrected chi connectivity index (χ4v) is 1.00. The zero-order valence-electron chi connectivity index (χ0n) is 9.30. The van der Waals surface area contributed by atoms with Crippen molar-refractivity contribution in [2.45, 2.75) is 38.5 Å². The molecular weight excluding hydrogens is 225 g/mol. The van der Waals surface area contributed by atoms with Gasteiger partial charge in [-0.1, -0.05) is 13.8 Å². The third kappa shape index (κ3) is 8.49. The molecule has 0 saturated carbocycles. The van der Waals surface area contributed by atoms with E-state index in [0.717, 1.165) is 0 Å². The van der Waals surface area contributed by atoms with Gasteiger partial charge in [0.15, 0.2) is 0 Å². The van der Waals surface area contributed by atoms with Crippen LogP contribution in [0.4, 0.5) is 13.2 Å². The van der Waals surface area contributed by atoms with Crippen molar-refractivity contribution in [3.63, 3.8) is 0 Å². The Morgan fingerprint density at radius 3 is 2.38 bits per heavy atom. The second-order valence-corrected chi connectivity index (χ2v) is 3.72. The van der Waals surface area contributed by atoms with Crippen LogP contribution in [-0.4, -0.2) is 37.4 Å². The molecule has 0 aromatic rings. The van der Waals surface area contributed by atoms with Gasteiger partial charge in [-0.2, -0.15) is 13.2 Å². The van der Waals surface area contributed by atoms with Crippen molar-refractivity contribution in [2.24, 2.45) is 5.73 Å². The Bertz CT molecular complexity index is 219. The highest BCUT2D eigenvalue weighted by atomic mass is 19.4. The van der Waals surface area contributed by atoms with Crippen LogP contribution in [0.15, 0.2) is 0 Å². The molecule has 0 aliphatic heterocycles. The molecule has 96 valence electrons. The maximum absolute atomic E-state index is 11.8. The average molecular weight is 242 g/mol. The third-order valence-corrected chi connectivity index (χ3v) is 1.69. The summed E-state index contributed by atoms with van der Waals surface area (Å²) in [4.78, 5) is 10.9. The summed E-state index contributed by atoms with van der Waals surface area (Å²) in [6.07, 6.45) is -5.27. The van der Waals surface area contributed by atoms with E-state index in [4.69, 9.17) is 10.5 Å². The molecule has 0 aliphatic rings. The van der Waals surface area contributed by atoms with Crippen molar-refractivity contribution in [3.05, 3.63) is 0 Å². The molecule has 0 saturated heterocycles. The topological polar surface area (TPSA) is 64.3 Å². The number of carbonyl (C=O) groups is 1. The average Bonchev–Trinajstić information content (AvgIpc) is 2.07. The van der Waals surface area contributed by atoms with E-state index in [1.165, 1.54) is 0 Å². The fraction of sp³-hybridized carbons (Fsp3) is 0.889. The first-order valence-electron chi connectivity index (χ1n) is 4.92. The molecule has 0 radical (unpaired) electrons. The molecule has 3 N–H and O–H groups in total. The van der Waals surface area contributed by atoms with Gasteiger partial charge in [0, 0.05) is 6.04 Å². The standard InChI is InChI=1S/C9H17F3N2O2/c1-6(2)14-7(8(13)15)5-16-4-3-9(10,11)12/h6-7,14H,3-5H2,1-2H3,(H2,13,15). The monoisotopic (exact) mass is 242 g/mol. The lowest BCUT2D eigenvalue weighted by Crippen LogP contribution is -2.47. The molecule has 4 nitrogen and oxygen atoms in total. The first-order valence-corrected chi connectivity index (χ1v) is 4.92. The Morgan fingerprint density at radius 1 is 1.44 bits per heavy atom. The van der Waals surface area contributed by atoms with Crippen LogP contribution in [0.25, 0.3) is 0 Å². The summed E-state index contributed by atoms with van der Waals surface area (Å²) in [5.41, 5.74) is 5.05. The highest BCUT2D eigenvalue weighted by molar-refractivity contribution is 5.80. The first-order chi connectivity index (χ1) is 7.22. The molecule has 1 atom stereocenters. The number of halogens is 3. The van der Waals surface area contributed by atoms with Crippen LogP contribution in [0.3, 0.4) is 0 Å². The molecule has 0 aliphatic carbocycles. The highest BCUT2D eigenvalue weighted by Gasteiger charge is 2.27. The number of nitrogens with one attached hydrogen (secondary N) is 1. The Balaban J connectivity index is 3.82. The van der Waals surface area contributed by atoms with E-state index >= 15 is 0 Å². The van der Waals surface area contributed by atoms with E-state index < -0.39 is 31.2 Å². The lowest BCUT2D eigenvalue weighted by atomic mass is 10.2. The molecule has 0 rings (SSSR count). The Kier molecular flexibility index (Phi) is 6.35. The molecule has 0 fully saturated rings. The number of alkyl halides is 3. The number of hydrogen-bond donors (Lipinski definition) is 2. The molecule has 0 bridgehead atoms. The fourth-order valence-electron chi connectivity index (χ4n) is 1.00. The smallest absolute Gasteiger partial charge is 0.379 e. The summed E-state index contributed by atoms with van der Waals surface area (Å²) in [6.45, 7) is 2.98. The van der Waals surface area contributed by atoms with Crippen molar-refractivity contribution in [3.8, 4) is 0 Å². The summed E-state index contributed by atoms with van der Waals surface area (Å²) in [7, 11) is 0. The molecule has 0 aromatic heterocycles. The number of hydrogen-bond acceptors (Lipinski definition) is 3. The molecule has 0 spiro atoms. The summed E-state index contributed by atoms with van der Waals surface area (Å²) < 4.78 is 40.0. The second kappa shape index (κ2) is 6.70. The van der Waals surface area contributed by atoms with Gasteiger partial charge in [-0.15, -0.1) is 0 Å². The predicted octanol–water partition coefficient (Wildman–Crippen LogP) is 0.807. The van der Waals surface area contributed by atoms with Crippen LogP contribution < -0.4 is 11.1 Å². The van der Waals surface area contributed by atoms with E-state index in [-0.39, 0.29) is 12.6 Å². The van der Waals surface area contributed by atoms with Gasteiger partial charge in [0.05, 0.1) is 19.6 Å². The molecule has 0 heterocycles. The maximum atomic E-state index is 11.8. The zero-order valence-corrected chi connectivity index (χ0v) is 9.30. The number of amides is 1. The largest absolute Gasteiger partial charge is 0.391 e. The van der Waals surface area contributed by atoms with E-state index in [2.05, 4.69) is 5.32 Å². The number of primary amides is 1. The Morgan fingerprint density at radius 2 is 2.00 bits per heavy atom. The number of ether oxygens (including phenoxy) is 1. The first kappa shape index (κ1) is 15.2. The number of nitrogens with two attached hydrogens (primary N) is 1. The van der Waals surface area contributed by atoms with E-state index in [9.17, 15) is 18.0 Å². The summed E-state index contributed by atoms with van der Waals surface area (Å²) in [6, 6.07) is -0.753. The van der Waals surface area contributed by atoms with Crippen LogP contribution in [0, 0.1) is 0 Å². The minimum absolute atomic E-state index is 0.00344. The lowest BCUT2D eigenvalue weighted by molar-refractivity contribution is -0.146. The van der Waals surface area contributed by atoms with E-state index in [0.29, 0.717) is 0 Å². The van der Waals surface area contributed by atoms with Gasteiger partial charge in [-0.25, -0.2) is 0 Å².